The van der Waals surface area contributed by atoms with Crippen molar-refractivity contribution >= 4 is 11.9 Å². The Morgan fingerprint density at radius 1 is 0.862 bits per heavy atom. The molecule has 0 aromatic heterocycles. The second-order valence-electron chi connectivity index (χ2n) is 6.21. The van der Waals surface area contributed by atoms with Crippen LogP contribution in [0, 0.1) is 5.82 Å². The van der Waals surface area contributed by atoms with Crippen LogP contribution in [0.1, 0.15) is 15.9 Å². The van der Waals surface area contributed by atoms with Crippen molar-refractivity contribution < 1.29 is 23.5 Å². The zero-order valence-corrected chi connectivity index (χ0v) is 15.6. The number of carbonyl (C=O) groups excluding carboxylic acids is 2. The third kappa shape index (κ3) is 6.17. The Hall–Kier alpha value is -3.67. The van der Waals surface area contributed by atoms with Crippen LogP contribution in [0.2, 0.25) is 0 Å². The van der Waals surface area contributed by atoms with Crippen molar-refractivity contribution in [3.05, 3.63) is 95.8 Å². The molecule has 3 aromatic carbocycles. The molecule has 0 saturated heterocycles. The van der Waals surface area contributed by atoms with E-state index in [0.717, 1.165) is 5.56 Å². The van der Waals surface area contributed by atoms with Crippen LogP contribution in [-0.4, -0.2) is 25.0 Å². The van der Waals surface area contributed by atoms with Gasteiger partial charge >= 0.3 is 5.97 Å². The second-order valence-corrected chi connectivity index (χ2v) is 6.21. The summed E-state index contributed by atoms with van der Waals surface area (Å²) in [6.45, 7) is -0.0440. The normalized spacial score (nSPS) is 10.2. The van der Waals surface area contributed by atoms with E-state index in [1.807, 2.05) is 18.2 Å². The van der Waals surface area contributed by atoms with Gasteiger partial charge in [0, 0.05) is 6.54 Å². The molecule has 0 spiro atoms. The first-order valence-electron chi connectivity index (χ1n) is 9.12. The molecule has 5 nitrogen and oxygen atoms in total. The van der Waals surface area contributed by atoms with Crippen molar-refractivity contribution in [2.24, 2.45) is 0 Å². The topological polar surface area (TPSA) is 64.6 Å². The zero-order valence-electron chi connectivity index (χ0n) is 15.6. The first-order valence-corrected chi connectivity index (χ1v) is 9.12. The molecule has 0 aliphatic heterocycles. The average Bonchev–Trinajstić information content (AvgIpc) is 2.74. The van der Waals surface area contributed by atoms with Crippen molar-refractivity contribution in [2.75, 3.05) is 13.2 Å². The van der Waals surface area contributed by atoms with Crippen LogP contribution in [0.3, 0.4) is 0 Å². The number of ether oxygens (including phenoxy) is 2. The van der Waals surface area contributed by atoms with Crippen LogP contribution in [0.15, 0.2) is 78.9 Å². The van der Waals surface area contributed by atoms with Crippen LogP contribution >= 0.6 is 0 Å². The minimum absolute atomic E-state index is 0.232. The molecular weight excluding hydrogens is 373 g/mol. The molecule has 0 fully saturated rings. The number of amides is 1. The van der Waals surface area contributed by atoms with E-state index in [-0.39, 0.29) is 11.4 Å². The number of para-hydroxylation sites is 2. The Bertz CT molecular complexity index is 958. The Morgan fingerprint density at radius 2 is 1.55 bits per heavy atom. The third-order valence-electron chi connectivity index (χ3n) is 4.06. The van der Waals surface area contributed by atoms with Crippen molar-refractivity contribution in [2.45, 2.75) is 6.42 Å². The molecule has 0 atom stereocenters. The quantitative estimate of drug-likeness (QED) is 0.585. The van der Waals surface area contributed by atoms with E-state index >= 15 is 0 Å². The van der Waals surface area contributed by atoms with Gasteiger partial charge in [-0.1, -0.05) is 42.5 Å². The first kappa shape index (κ1) is 20.1. The predicted octanol–water partition coefficient (Wildman–Crippen LogP) is 4.13. The fraction of sp³-hybridized carbons (Fsp3) is 0.130. The number of halogens is 1. The molecule has 0 heterocycles. The van der Waals surface area contributed by atoms with Crippen molar-refractivity contribution in [3.8, 4) is 11.5 Å². The lowest BCUT2D eigenvalue weighted by Crippen LogP contribution is -2.30. The molecule has 148 valence electrons. The molecule has 0 aliphatic rings. The highest BCUT2D eigenvalue weighted by Gasteiger charge is 2.15. The Labute approximate surface area is 168 Å². The minimum atomic E-state index is -0.648. The Morgan fingerprint density at radius 3 is 2.31 bits per heavy atom. The summed E-state index contributed by atoms with van der Waals surface area (Å²) < 4.78 is 23.7. The van der Waals surface area contributed by atoms with Gasteiger partial charge in [0.2, 0.25) is 0 Å². The summed E-state index contributed by atoms with van der Waals surface area (Å²) in [6.07, 6.45) is 0.549. The van der Waals surface area contributed by atoms with Gasteiger partial charge in [0.25, 0.3) is 5.91 Å². The fourth-order valence-corrected chi connectivity index (χ4v) is 2.60. The monoisotopic (exact) mass is 393 g/mol. The van der Waals surface area contributed by atoms with Crippen molar-refractivity contribution in [1.82, 2.24) is 5.32 Å². The summed E-state index contributed by atoms with van der Waals surface area (Å²) in [5.74, 6) is -0.430. The van der Waals surface area contributed by atoms with Gasteiger partial charge in [0.1, 0.15) is 22.9 Å². The van der Waals surface area contributed by atoms with Gasteiger partial charge in [0.05, 0.1) is 0 Å². The molecule has 3 rings (SSSR count). The van der Waals surface area contributed by atoms with E-state index in [2.05, 4.69) is 5.32 Å². The van der Waals surface area contributed by atoms with Gasteiger partial charge in [-0.2, -0.15) is 0 Å². The molecule has 3 aromatic rings. The molecule has 0 saturated carbocycles. The van der Waals surface area contributed by atoms with Crippen LogP contribution in [0.5, 0.6) is 11.5 Å². The van der Waals surface area contributed by atoms with Crippen LogP contribution in [0.4, 0.5) is 4.39 Å². The minimum Gasteiger partial charge on any atom is -0.456 e. The van der Waals surface area contributed by atoms with E-state index in [0.29, 0.717) is 24.5 Å². The number of carbonyl (C=O) groups is 2. The second kappa shape index (κ2) is 10.0. The molecule has 1 amide bonds. The van der Waals surface area contributed by atoms with Crippen LogP contribution in [0.25, 0.3) is 0 Å². The molecular formula is C23H20FNO4. The summed E-state index contributed by atoms with van der Waals surface area (Å²) in [5.41, 5.74) is 1.13. The fourth-order valence-electron chi connectivity index (χ4n) is 2.60. The predicted molar refractivity (Wildman–Crippen MR) is 106 cm³/mol. The lowest BCUT2D eigenvalue weighted by Gasteiger charge is -2.11. The lowest BCUT2D eigenvalue weighted by atomic mass is 10.1. The number of benzene rings is 3. The van der Waals surface area contributed by atoms with E-state index in [1.165, 1.54) is 12.1 Å². The summed E-state index contributed by atoms with van der Waals surface area (Å²) in [6, 6.07) is 21.8. The largest absolute Gasteiger partial charge is 0.456 e. The standard InChI is InChI=1S/C23H20FNO4/c24-18-12-10-17(11-13-18)14-15-25-22(26)16-28-23(27)20-8-4-5-9-21(20)29-19-6-2-1-3-7-19/h1-13H,14-16H2,(H,25,26). The SMILES string of the molecule is O=C(COC(=O)c1ccccc1Oc1ccccc1)NCCc1ccc(F)cc1. The number of hydrogen-bond donors (Lipinski definition) is 1. The third-order valence-corrected chi connectivity index (χ3v) is 4.06. The van der Waals surface area contributed by atoms with E-state index in [1.54, 1.807) is 48.5 Å². The molecule has 0 bridgehead atoms. The summed E-state index contributed by atoms with van der Waals surface area (Å²) in [4.78, 5) is 24.3. The van der Waals surface area contributed by atoms with Gasteiger partial charge < -0.3 is 14.8 Å². The van der Waals surface area contributed by atoms with Crippen molar-refractivity contribution in [1.29, 1.82) is 0 Å². The van der Waals surface area contributed by atoms with Gasteiger partial charge in [-0.25, -0.2) is 9.18 Å². The van der Waals surface area contributed by atoms with Crippen molar-refractivity contribution in [3.63, 3.8) is 0 Å². The van der Waals surface area contributed by atoms with E-state index in [9.17, 15) is 14.0 Å². The van der Waals surface area contributed by atoms with Gasteiger partial charge in [-0.15, -0.1) is 0 Å². The number of rotatable bonds is 8. The van der Waals surface area contributed by atoms with Crippen LogP contribution in [-0.2, 0) is 16.0 Å². The average molecular weight is 393 g/mol. The molecule has 0 aliphatic carbocycles. The number of esters is 1. The maximum Gasteiger partial charge on any atom is 0.342 e. The highest BCUT2D eigenvalue weighted by Crippen LogP contribution is 2.25. The highest BCUT2D eigenvalue weighted by atomic mass is 19.1. The number of hydrogen-bond acceptors (Lipinski definition) is 4. The smallest absolute Gasteiger partial charge is 0.342 e. The molecule has 1 N–H and O–H groups in total. The lowest BCUT2D eigenvalue weighted by molar-refractivity contribution is -0.124. The van der Waals surface area contributed by atoms with E-state index < -0.39 is 18.5 Å². The Balaban J connectivity index is 1.49. The van der Waals surface area contributed by atoms with Gasteiger partial charge in [-0.05, 0) is 48.4 Å². The molecule has 6 heteroatoms. The van der Waals surface area contributed by atoms with Gasteiger partial charge in [0.15, 0.2) is 6.61 Å². The Kier molecular flexibility index (Phi) is 6.95. The molecule has 29 heavy (non-hydrogen) atoms. The summed E-state index contributed by atoms with van der Waals surface area (Å²) in [7, 11) is 0. The first-order chi connectivity index (χ1) is 14.1. The van der Waals surface area contributed by atoms with E-state index in [4.69, 9.17) is 9.47 Å². The molecule has 0 unspecified atom stereocenters. The number of nitrogens with one attached hydrogen (secondary N) is 1. The zero-order chi connectivity index (χ0) is 20.5. The maximum absolute atomic E-state index is 12.9. The molecule has 0 radical (unpaired) electrons. The summed E-state index contributed by atoms with van der Waals surface area (Å²) >= 11 is 0. The van der Waals surface area contributed by atoms with Gasteiger partial charge in [-0.3, -0.25) is 4.79 Å². The van der Waals surface area contributed by atoms with Crippen LogP contribution < -0.4 is 10.1 Å². The maximum atomic E-state index is 12.9. The summed E-state index contributed by atoms with van der Waals surface area (Å²) in [5, 5.41) is 2.67. The highest BCUT2D eigenvalue weighted by molar-refractivity contribution is 5.94.